The maximum absolute atomic E-state index is 12.8. The van der Waals surface area contributed by atoms with E-state index < -0.39 is 21.8 Å². The summed E-state index contributed by atoms with van der Waals surface area (Å²) in [5, 5.41) is 2.48. The van der Waals surface area contributed by atoms with Crippen LogP contribution >= 0.6 is 0 Å². The number of anilines is 1. The van der Waals surface area contributed by atoms with Gasteiger partial charge in [-0.2, -0.15) is 8.42 Å². The fourth-order valence-electron chi connectivity index (χ4n) is 1.76. The molecule has 0 atom stereocenters. The first kappa shape index (κ1) is 15.1. The van der Waals surface area contributed by atoms with E-state index in [-0.39, 0.29) is 16.1 Å². The van der Waals surface area contributed by atoms with Crippen LogP contribution in [0.3, 0.4) is 0 Å². The molecule has 7 heteroatoms. The lowest BCUT2D eigenvalue weighted by atomic mass is 10.2. The summed E-state index contributed by atoms with van der Waals surface area (Å²) in [7, 11) is -4.36. The molecule has 0 saturated heterocycles. The third kappa shape index (κ3) is 3.65. The molecule has 110 valence electrons. The summed E-state index contributed by atoms with van der Waals surface area (Å²) in [6, 6.07) is 9.04. The van der Waals surface area contributed by atoms with Crippen molar-refractivity contribution in [3.63, 3.8) is 0 Å². The molecule has 0 spiro atoms. The number of benzene rings is 2. The summed E-state index contributed by atoms with van der Waals surface area (Å²) in [5.74, 6) is -0.976. The van der Waals surface area contributed by atoms with Gasteiger partial charge in [0.15, 0.2) is 0 Å². The molecule has 0 aliphatic rings. The number of hydrogen-bond acceptors (Lipinski definition) is 3. The van der Waals surface area contributed by atoms with Crippen molar-refractivity contribution >= 4 is 21.7 Å². The van der Waals surface area contributed by atoms with Gasteiger partial charge in [0, 0.05) is 11.3 Å². The van der Waals surface area contributed by atoms with Crippen LogP contribution in [-0.4, -0.2) is 18.9 Å². The van der Waals surface area contributed by atoms with E-state index in [1.807, 2.05) is 0 Å². The minimum atomic E-state index is -4.36. The van der Waals surface area contributed by atoms with Crippen LogP contribution in [0.5, 0.6) is 0 Å². The van der Waals surface area contributed by atoms with Gasteiger partial charge in [0.25, 0.3) is 16.0 Å². The highest BCUT2D eigenvalue weighted by molar-refractivity contribution is 7.85. The summed E-state index contributed by atoms with van der Waals surface area (Å²) in [5.41, 5.74) is 0.796. The summed E-state index contributed by atoms with van der Waals surface area (Å²) in [6.45, 7) is 1.52. The van der Waals surface area contributed by atoms with Crippen molar-refractivity contribution in [2.24, 2.45) is 0 Å². The monoisotopic (exact) mass is 309 g/mol. The predicted molar refractivity (Wildman–Crippen MR) is 75.3 cm³/mol. The zero-order valence-electron chi connectivity index (χ0n) is 11.0. The van der Waals surface area contributed by atoms with Crippen LogP contribution in [0.2, 0.25) is 0 Å². The zero-order valence-corrected chi connectivity index (χ0v) is 11.8. The van der Waals surface area contributed by atoms with E-state index in [1.54, 1.807) is 0 Å². The second-order valence-corrected chi connectivity index (χ2v) is 5.81. The van der Waals surface area contributed by atoms with Crippen LogP contribution in [0.4, 0.5) is 10.1 Å². The Bertz CT molecular complexity index is 785. The maximum atomic E-state index is 12.8. The molecule has 0 unspecified atom stereocenters. The predicted octanol–water partition coefficient (Wildman–Crippen LogP) is 2.63. The van der Waals surface area contributed by atoms with E-state index in [0.717, 1.165) is 18.2 Å². The number of aryl methyl sites for hydroxylation is 1. The summed E-state index contributed by atoms with van der Waals surface area (Å²) in [4.78, 5) is 11.6. The molecule has 0 aromatic heterocycles. The van der Waals surface area contributed by atoms with Crippen LogP contribution in [0.25, 0.3) is 0 Å². The number of hydrogen-bond donors (Lipinski definition) is 2. The Morgan fingerprint density at radius 3 is 2.33 bits per heavy atom. The van der Waals surface area contributed by atoms with E-state index >= 15 is 0 Å². The van der Waals surface area contributed by atoms with Crippen molar-refractivity contribution in [1.82, 2.24) is 0 Å². The molecule has 21 heavy (non-hydrogen) atoms. The number of carbonyl (C=O) groups excluding carboxylic acids is 1. The van der Waals surface area contributed by atoms with Gasteiger partial charge in [-0.25, -0.2) is 4.39 Å². The van der Waals surface area contributed by atoms with Crippen LogP contribution < -0.4 is 5.32 Å². The Morgan fingerprint density at radius 2 is 1.76 bits per heavy atom. The highest BCUT2D eigenvalue weighted by atomic mass is 32.2. The molecule has 2 aromatic carbocycles. The van der Waals surface area contributed by atoms with Gasteiger partial charge in [0.1, 0.15) is 5.82 Å². The minimum Gasteiger partial charge on any atom is -0.322 e. The van der Waals surface area contributed by atoms with Gasteiger partial charge in [-0.3, -0.25) is 9.35 Å². The van der Waals surface area contributed by atoms with Gasteiger partial charge in [0.05, 0.1) is 4.90 Å². The van der Waals surface area contributed by atoms with Crippen molar-refractivity contribution in [1.29, 1.82) is 0 Å². The molecule has 2 rings (SSSR count). The third-order valence-electron chi connectivity index (χ3n) is 2.83. The Labute approximate surface area is 121 Å². The van der Waals surface area contributed by atoms with Gasteiger partial charge in [-0.15, -0.1) is 0 Å². The Morgan fingerprint density at radius 1 is 1.14 bits per heavy atom. The summed E-state index contributed by atoms with van der Waals surface area (Å²) >= 11 is 0. The molecular weight excluding hydrogens is 297 g/mol. The van der Waals surface area contributed by atoms with E-state index in [2.05, 4.69) is 5.32 Å². The quantitative estimate of drug-likeness (QED) is 0.854. The van der Waals surface area contributed by atoms with E-state index in [1.165, 1.54) is 31.2 Å². The van der Waals surface area contributed by atoms with E-state index in [0.29, 0.717) is 5.56 Å². The van der Waals surface area contributed by atoms with Crippen LogP contribution in [0.1, 0.15) is 15.9 Å². The Balaban J connectivity index is 2.28. The molecule has 1 amide bonds. The smallest absolute Gasteiger partial charge is 0.294 e. The highest BCUT2D eigenvalue weighted by Gasteiger charge is 2.15. The molecule has 2 aromatic rings. The normalized spacial score (nSPS) is 11.2. The van der Waals surface area contributed by atoms with Gasteiger partial charge < -0.3 is 5.32 Å². The minimum absolute atomic E-state index is 0.211. The Hall–Kier alpha value is -2.25. The molecule has 0 heterocycles. The summed E-state index contributed by atoms with van der Waals surface area (Å²) in [6.07, 6.45) is 0. The lowest BCUT2D eigenvalue weighted by molar-refractivity contribution is 0.102. The fourth-order valence-corrected chi connectivity index (χ4v) is 2.51. The first-order chi connectivity index (χ1) is 9.77. The first-order valence-electron chi connectivity index (χ1n) is 5.92. The number of halogens is 1. The number of carbonyl (C=O) groups is 1. The van der Waals surface area contributed by atoms with Crippen molar-refractivity contribution in [2.75, 3.05) is 5.32 Å². The molecule has 2 N–H and O–H groups in total. The molecule has 0 aliphatic carbocycles. The van der Waals surface area contributed by atoms with E-state index in [9.17, 15) is 17.6 Å². The van der Waals surface area contributed by atoms with Gasteiger partial charge in [0.2, 0.25) is 0 Å². The van der Waals surface area contributed by atoms with Gasteiger partial charge >= 0.3 is 0 Å². The molecule has 0 fully saturated rings. The number of nitrogens with one attached hydrogen (secondary N) is 1. The molecule has 5 nitrogen and oxygen atoms in total. The summed E-state index contributed by atoms with van der Waals surface area (Å²) < 4.78 is 44.3. The number of amides is 1. The third-order valence-corrected chi connectivity index (χ3v) is 3.83. The lowest BCUT2D eigenvalue weighted by Gasteiger charge is -2.08. The van der Waals surface area contributed by atoms with Crippen LogP contribution in [-0.2, 0) is 10.1 Å². The molecule has 0 aliphatic heterocycles. The Kier molecular flexibility index (Phi) is 4.06. The van der Waals surface area contributed by atoms with Crippen molar-refractivity contribution in [2.45, 2.75) is 11.8 Å². The van der Waals surface area contributed by atoms with Crippen molar-refractivity contribution in [3.05, 3.63) is 59.4 Å². The van der Waals surface area contributed by atoms with Crippen LogP contribution in [0.15, 0.2) is 47.4 Å². The number of rotatable bonds is 3. The molecule has 0 saturated carbocycles. The largest absolute Gasteiger partial charge is 0.322 e. The molecule has 0 bridgehead atoms. The highest BCUT2D eigenvalue weighted by Crippen LogP contribution is 2.20. The molecule has 0 radical (unpaired) electrons. The lowest BCUT2D eigenvalue weighted by Crippen LogP contribution is -2.12. The topological polar surface area (TPSA) is 83.5 Å². The zero-order chi connectivity index (χ0) is 15.6. The second-order valence-electron chi connectivity index (χ2n) is 4.42. The van der Waals surface area contributed by atoms with Gasteiger partial charge in [-0.05, 0) is 48.9 Å². The second kappa shape index (κ2) is 5.63. The van der Waals surface area contributed by atoms with Crippen LogP contribution in [0, 0.1) is 12.7 Å². The average molecular weight is 309 g/mol. The van der Waals surface area contributed by atoms with Crippen molar-refractivity contribution < 1.29 is 22.2 Å². The SMILES string of the molecule is Cc1ccc(NC(=O)c2ccc(F)cc2)cc1S(=O)(=O)O. The first-order valence-corrected chi connectivity index (χ1v) is 7.36. The van der Waals surface area contributed by atoms with Crippen molar-refractivity contribution in [3.8, 4) is 0 Å². The maximum Gasteiger partial charge on any atom is 0.294 e. The average Bonchev–Trinajstić information content (AvgIpc) is 2.40. The van der Waals surface area contributed by atoms with E-state index in [4.69, 9.17) is 4.55 Å². The molecular formula is C14H12FNO4S. The fraction of sp³-hybridized carbons (Fsp3) is 0.0714. The standard InChI is InChI=1S/C14H12FNO4S/c1-9-2-7-12(8-13(9)21(18,19)20)16-14(17)10-3-5-11(15)6-4-10/h2-8H,1H3,(H,16,17)(H,18,19,20). The van der Waals surface area contributed by atoms with Gasteiger partial charge in [-0.1, -0.05) is 6.07 Å².